The molecular weight excluding hydrogens is 241 g/mol. The Labute approximate surface area is 94.5 Å². The molecule has 1 rings (SSSR count). The Hall–Kier alpha value is -1.64. The van der Waals surface area contributed by atoms with Crippen LogP contribution in [-0.4, -0.2) is 34.2 Å². The van der Waals surface area contributed by atoms with E-state index in [9.17, 15) is 18.0 Å². The van der Waals surface area contributed by atoms with Crippen LogP contribution in [0.5, 0.6) is 0 Å². The van der Waals surface area contributed by atoms with Gasteiger partial charge in [-0.25, -0.2) is 4.68 Å². The zero-order valence-electron chi connectivity index (χ0n) is 8.99. The van der Waals surface area contributed by atoms with Crippen LogP contribution in [-0.2, 0) is 29.1 Å². The normalized spacial score (nSPS) is 11.8. The van der Waals surface area contributed by atoms with Crippen LogP contribution in [0.15, 0.2) is 0 Å². The largest absolute Gasteiger partial charge is 0.408 e. The van der Waals surface area contributed by atoms with Gasteiger partial charge in [0, 0.05) is 7.11 Å². The molecule has 1 aromatic heterocycles. The number of rotatable bonds is 5. The number of primary amides is 1. The Morgan fingerprint density at radius 3 is 2.65 bits per heavy atom. The number of ether oxygens (including phenoxy) is 1. The average molecular weight is 252 g/mol. The highest BCUT2D eigenvalue weighted by atomic mass is 19.4. The highest BCUT2D eigenvalue weighted by molar-refractivity contribution is 5.76. The van der Waals surface area contributed by atoms with Crippen molar-refractivity contribution in [1.82, 2.24) is 15.0 Å². The fourth-order valence-electron chi connectivity index (χ4n) is 1.26. The molecular formula is C8H11F3N4O2. The van der Waals surface area contributed by atoms with E-state index in [4.69, 9.17) is 10.5 Å². The monoisotopic (exact) mass is 252 g/mol. The van der Waals surface area contributed by atoms with Gasteiger partial charge in [-0.15, -0.1) is 5.10 Å². The van der Waals surface area contributed by atoms with Crippen molar-refractivity contribution >= 4 is 5.91 Å². The van der Waals surface area contributed by atoms with E-state index < -0.39 is 18.6 Å². The van der Waals surface area contributed by atoms with Gasteiger partial charge in [0.15, 0.2) is 0 Å². The van der Waals surface area contributed by atoms with Crippen LogP contribution in [0.3, 0.4) is 0 Å². The average Bonchev–Trinajstić information content (AvgIpc) is 2.47. The standard InChI is InChI=1S/C8H11F3N4O2/c1-17-3-6-5(2-7(12)16)13-14-15(6)4-8(9,10)11/h2-4H2,1H3,(H2,12,16). The summed E-state index contributed by atoms with van der Waals surface area (Å²) in [4.78, 5) is 10.7. The molecule has 2 N–H and O–H groups in total. The van der Waals surface area contributed by atoms with E-state index in [1.54, 1.807) is 0 Å². The Bertz CT molecular complexity index is 402. The highest BCUT2D eigenvalue weighted by Gasteiger charge is 2.30. The van der Waals surface area contributed by atoms with Crippen LogP contribution >= 0.6 is 0 Å². The number of alkyl halides is 3. The maximum absolute atomic E-state index is 12.2. The lowest BCUT2D eigenvalue weighted by Gasteiger charge is -2.09. The van der Waals surface area contributed by atoms with Gasteiger partial charge in [0.2, 0.25) is 5.91 Å². The lowest BCUT2D eigenvalue weighted by molar-refractivity contribution is -0.143. The number of amides is 1. The summed E-state index contributed by atoms with van der Waals surface area (Å²) in [7, 11) is 1.32. The highest BCUT2D eigenvalue weighted by Crippen LogP contribution is 2.19. The topological polar surface area (TPSA) is 83.0 Å². The van der Waals surface area contributed by atoms with Gasteiger partial charge in [-0.3, -0.25) is 4.79 Å². The van der Waals surface area contributed by atoms with Gasteiger partial charge in [-0.05, 0) is 0 Å². The van der Waals surface area contributed by atoms with E-state index >= 15 is 0 Å². The number of aromatic nitrogens is 3. The quantitative estimate of drug-likeness (QED) is 0.800. The lowest BCUT2D eigenvalue weighted by Crippen LogP contribution is -2.21. The van der Waals surface area contributed by atoms with Gasteiger partial charge in [0.05, 0.1) is 24.4 Å². The fourth-order valence-corrected chi connectivity index (χ4v) is 1.26. The Morgan fingerprint density at radius 2 is 2.18 bits per heavy atom. The van der Waals surface area contributed by atoms with E-state index in [0.29, 0.717) is 4.68 Å². The molecule has 0 radical (unpaired) electrons. The molecule has 9 heteroatoms. The molecule has 6 nitrogen and oxygen atoms in total. The molecule has 17 heavy (non-hydrogen) atoms. The van der Waals surface area contributed by atoms with Crippen molar-refractivity contribution in [3.8, 4) is 0 Å². The van der Waals surface area contributed by atoms with Crippen LogP contribution < -0.4 is 5.73 Å². The van der Waals surface area contributed by atoms with Gasteiger partial charge in [-0.1, -0.05) is 5.21 Å². The van der Waals surface area contributed by atoms with Gasteiger partial charge >= 0.3 is 6.18 Å². The molecule has 0 aliphatic carbocycles. The van der Waals surface area contributed by atoms with Crippen molar-refractivity contribution in [3.63, 3.8) is 0 Å². The molecule has 0 saturated carbocycles. The maximum atomic E-state index is 12.2. The van der Waals surface area contributed by atoms with Crippen LogP contribution in [0, 0.1) is 0 Å². The molecule has 1 aromatic rings. The number of halogens is 3. The number of carbonyl (C=O) groups is 1. The first kappa shape index (κ1) is 13.4. The fraction of sp³-hybridized carbons (Fsp3) is 0.625. The van der Waals surface area contributed by atoms with Crippen molar-refractivity contribution < 1.29 is 22.7 Å². The molecule has 0 atom stereocenters. The van der Waals surface area contributed by atoms with E-state index in [2.05, 4.69) is 10.3 Å². The molecule has 0 aromatic carbocycles. The van der Waals surface area contributed by atoms with Crippen molar-refractivity contribution in [2.45, 2.75) is 25.7 Å². The smallest absolute Gasteiger partial charge is 0.378 e. The van der Waals surface area contributed by atoms with E-state index in [0.717, 1.165) is 0 Å². The molecule has 0 unspecified atom stereocenters. The molecule has 0 bridgehead atoms. The number of methoxy groups -OCH3 is 1. The third-order valence-corrected chi connectivity index (χ3v) is 1.87. The summed E-state index contributed by atoms with van der Waals surface area (Å²) in [6, 6.07) is 0. The Kier molecular flexibility index (Phi) is 4.05. The minimum atomic E-state index is -4.42. The van der Waals surface area contributed by atoms with Gasteiger partial charge < -0.3 is 10.5 Å². The van der Waals surface area contributed by atoms with Crippen molar-refractivity contribution in [2.75, 3.05) is 7.11 Å². The van der Waals surface area contributed by atoms with Crippen LogP contribution in [0.25, 0.3) is 0 Å². The predicted molar refractivity (Wildman–Crippen MR) is 49.7 cm³/mol. The Morgan fingerprint density at radius 1 is 1.53 bits per heavy atom. The minimum absolute atomic E-state index is 0.101. The molecule has 0 fully saturated rings. The van der Waals surface area contributed by atoms with Gasteiger partial charge in [0.1, 0.15) is 6.54 Å². The lowest BCUT2D eigenvalue weighted by atomic mass is 10.2. The van der Waals surface area contributed by atoms with E-state index in [1.165, 1.54) is 7.11 Å². The number of nitrogens with two attached hydrogens (primary N) is 1. The summed E-state index contributed by atoms with van der Waals surface area (Å²) in [5.41, 5.74) is 5.15. The summed E-state index contributed by atoms with van der Waals surface area (Å²) in [5, 5.41) is 6.82. The summed E-state index contributed by atoms with van der Waals surface area (Å²) in [6.45, 7) is -1.40. The van der Waals surface area contributed by atoms with Gasteiger partial charge in [-0.2, -0.15) is 13.2 Å². The summed E-state index contributed by atoms with van der Waals surface area (Å²) in [5.74, 6) is -0.693. The van der Waals surface area contributed by atoms with Crippen molar-refractivity contribution in [2.24, 2.45) is 5.73 Å². The van der Waals surface area contributed by atoms with E-state index in [-0.39, 0.29) is 24.4 Å². The summed E-state index contributed by atoms with van der Waals surface area (Å²) >= 11 is 0. The molecule has 0 aliphatic rings. The first-order valence-corrected chi connectivity index (χ1v) is 4.58. The predicted octanol–water partition coefficient (Wildman–Crippen LogP) is 0.0146. The maximum Gasteiger partial charge on any atom is 0.408 e. The molecule has 0 aliphatic heterocycles. The number of hydrogen-bond acceptors (Lipinski definition) is 4. The second-order valence-corrected chi connectivity index (χ2v) is 3.33. The van der Waals surface area contributed by atoms with Gasteiger partial charge in [0.25, 0.3) is 0 Å². The van der Waals surface area contributed by atoms with Crippen molar-refractivity contribution in [1.29, 1.82) is 0 Å². The first-order valence-electron chi connectivity index (χ1n) is 4.58. The van der Waals surface area contributed by atoms with Crippen LogP contribution in [0.2, 0.25) is 0 Å². The second kappa shape index (κ2) is 5.13. The third-order valence-electron chi connectivity index (χ3n) is 1.87. The van der Waals surface area contributed by atoms with Crippen molar-refractivity contribution in [3.05, 3.63) is 11.4 Å². The molecule has 1 heterocycles. The number of nitrogens with zero attached hydrogens (tertiary/aromatic N) is 3. The SMILES string of the molecule is COCc1c(CC(N)=O)nnn1CC(F)(F)F. The zero-order valence-corrected chi connectivity index (χ0v) is 8.99. The van der Waals surface area contributed by atoms with Crippen LogP contribution in [0.1, 0.15) is 11.4 Å². The van der Waals surface area contributed by atoms with E-state index in [1.807, 2.05) is 0 Å². The zero-order chi connectivity index (χ0) is 13.1. The molecule has 0 spiro atoms. The molecule has 0 saturated heterocycles. The second-order valence-electron chi connectivity index (χ2n) is 3.33. The molecule has 1 amide bonds. The molecule has 96 valence electrons. The number of carbonyl (C=O) groups excluding carboxylic acids is 1. The minimum Gasteiger partial charge on any atom is -0.378 e. The van der Waals surface area contributed by atoms with Crippen LogP contribution in [0.4, 0.5) is 13.2 Å². The Balaban J connectivity index is 2.97. The third kappa shape index (κ3) is 4.02. The summed E-state index contributed by atoms with van der Waals surface area (Å²) in [6.07, 6.45) is -4.68. The first-order chi connectivity index (χ1) is 7.83. The summed E-state index contributed by atoms with van der Waals surface area (Å²) < 4.78 is 42.0. The number of hydrogen-bond donors (Lipinski definition) is 1.